The zero-order chi connectivity index (χ0) is 14.7. The summed E-state index contributed by atoms with van der Waals surface area (Å²) in [6, 6.07) is 11.0. The lowest BCUT2D eigenvalue weighted by Gasteiger charge is -2.05. The first kappa shape index (κ1) is 13.5. The number of esters is 1. The fourth-order valence-corrected chi connectivity index (χ4v) is 2.79. The standard InChI is InChI=1S/C15H13N3O2S/c1-20-15(19)10-4-2-5-11(8-10)17-9-13-18-12-6-3-7-16-14(12)21-13/h2-8,17H,9H2,1H3. The molecule has 0 aliphatic rings. The third kappa shape index (κ3) is 3.00. The van der Waals surface area contributed by atoms with Crippen molar-refractivity contribution in [2.75, 3.05) is 12.4 Å². The average molecular weight is 299 g/mol. The van der Waals surface area contributed by atoms with Crippen LogP contribution in [0.4, 0.5) is 5.69 Å². The molecule has 3 rings (SSSR count). The first-order valence-corrected chi connectivity index (χ1v) is 7.20. The third-order valence-electron chi connectivity index (χ3n) is 2.94. The van der Waals surface area contributed by atoms with Crippen LogP contribution in [-0.2, 0) is 11.3 Å². The number of carbonyl (C=O) groups is 1. The van der Waals surface area contributed by atoms with E-state index in [1.54, 1.807) is 29.7 Å². The number of benzene rings is 1. The highest BCUT2D eigenvalue weighted by molar-refractivity contribution is 7.18. The van der Waals surface area contributed by atoms with E-state index in [0.717, 1.165) is 21.0 Å². The number of methoxy groups -OCH3 is 1. The lowest BCUT2D eigenvalue weighted by molar-refractivity contribution is 0.0601. The van der Waals surface area contributed by atoms with E-state index in [1.807, 2.05) is 24.3 Å². The van der Waals surface area contributed by atoms with Gasteiger partial charge in [-0.1, -0.05) is 17.4 Å². The van der Waals surface area contributed by atoms with Crippen LogP contribution in [-0.4, -0.2) is 23.0 Å². The number of nitrogens with one attached hydrogen (secondary N) is 1. The maximum Gasteiger partial charge on any atom is 0.337 e. The first-order valence-electron chi connectivity index (χ1n) is 6.39. The largest absolute Gasteiger partial charge is 0.465 e. The van der Waals surface area contributed by atoms with Crippen molar-refractivity contribution in [2.45, 2.75) is 6.54 Å². The second-order valence-electron chi connectivity index (χ2n) is 4.36. The highest BCUT2D eigenvalue weighted by Gasteiger charge is 2.07. The maximum atomic E-state index is 11.5. The van der Waals surface area contributed by atoms with E-state index in [4.69, 9.17) is 4.74 Å². The number of fused-ring (bicyclic) bond motifs is 1. The van der Waals surface area contributed by atoms with Crippen molar-refractivity contribution >= 4 is 33.3 Å². The highest BCUT2D eigenvalue weighted by Crippen LogP contribution is 2.20. The number of anilines is 1. The number of pyridine rings is 1. The Hall–Kier alpha value is -2.47. The molecule has 1 N–H and O–H groups in total. The molecule has 0 saturated heterocycles. The van der Waals surface area contributed by atoms with Crippen LogP contribution in [0.15, 0.2) is 42.6 Å². The van der Waals surface area contributed by atoms with Crippen LogP contribution < -0.4 is 5.32 Å². The number of hydrogen-bond donors (Lipinski definition) is 1. The van der Waals surface area contributed by atoms with Gasteiger partial charge in [-0.05, 0) is 30.3 Å². The van der Waals surface area contributed by atoms with Gasteiger partial charge < -0.3 is 10.1 Å². The first-order chi connectivity index (χ1) is 10.3. The number of carbonyl (C=O) groups excluding carboxylic acids is 1. The van der Waals surface area contributed by atoms with Gasteiger partial charge in [0.1, 0.15) is 15.4 Å². The molecule has 5 nitrogen and oxygen atoms in total. The number of nitrogens with zero attached hydrogens (tertiary/aromatic N) is 2. The van der Waals surface area contributed by atoms with Crippen molar-refractivity contribution in [3.63, 3.8) is 0 Å². The zero-order valence-electron chi connectivity index (χ0n) is 11.4. The van der Waals surface area contributed by atoms with Crippen molar-refractivity contribution in [2.24, 2.45) is 0 Å². The quantitative estimate of drug-likeness (QED) is 0.750. The van der Waals surface area contributed by atoms with Crippen molar-refractivity contribution in [1.29, 1.82) is 0 Å². The number of ether oxygens (including phenoxy) is 1. The molecular weight excluding hydrogens is 286 g/mol. The van der Waals surface area contributed by atoms with Crippen molar-refractivity contribution in [3.8, 4) is 0 Å². The van der Waals surface area contributed by atoms with Gasteiger partial charge in [-0.2, -0.15) is 0 Å². The second-order valence-corrected chi connectivity index (χ2v) is 5.42. The fraction of sp³-hybridized carbons (Fsp3) is 0.133. The predicted molar refractivity (Wildman–Crippen MR) is 82.5 cm³/mol. The van der Waals surface area contributed by atoms with E-state index in [1.165, 1.54) is 7.11 Å². The van der Waals surface area contributed by atoms with Crippen LogP contribution in [0, 0.1) is 0 Å². The summed E-state index contributed by atoms with van der Waals surface area (Å²) in [5.74, 6) is -0.345. The van der Waals surface area contributed by atoms with Gasteiger partial charge >= 0.3 is 5.97 Å². The Balaban J connectivity index is 1.73. The molecule has 0 saturated carbocycles. The molecule has 1 aromatic carbocycles. The Bertz CT molecular complexity index is 752. The van der Waals surface area contributed by atoms with E-state index in [2.05, 4.69) is 15.3 Å². The Morgan fingerprint density at radius 1 is 1.33 bits per heavy atom. The topological polar surface area (TPSA) is 64.1 Å². The van der Waals surface area contributed by atoms with Gasteiger partial charge in [-0.15, -0.1) is 0 Å². The molecule has 21 heavy (non-hydrogen) atoms. The SMILES string of the molecule is COC(=O)c1cccc(NCc2nc3cccnc3s2)c1. The minimum absolute atomic E-state index is 0.345. The number of rotatable bonds is 4. The van der Waals surface area contributed by atoms with E-state index in [9.17, 15) is 4.79 Å². The average Bonchev–Trinajstić information content (AvgIpc) is 2.95. The molecule has 2 heterocycles. The lowest BCUT2D eigenvalue weighted by atomic mass is 10.2. The van der Waals surface area contributed by atoms with Crippen LogP contribution in [0.25, 0.3) is 10.3 Å². The van der Waals surface area contributed by atoms with Crippen molar-refractivity contribution in [3.05, 3.63) is 53.2 Å². The van der Waals surface area contributed by atoms with E-state index < -0.39 is 0 Å². The summed E-state index contributed by atoms with van der Waals surface area (Å²) >= 11 is 1.56. The molecule has 0 amide bonds. The molecule has 0 atom stereocenters. The Morgan fingerprint density at radius 3 is 3.05 bits per heavy atom. The van der Waals surface area contributed by atoms with Gasteiger partial charge in [0.2, 0.25) is 0 Å². The van der Waals surface area contributed by atoms with E-state index in [0.29, 0.717) is 12.1 Å². The molecule has 106 valence electrons. The van der Waals surface area contributed by atoms with Crippen LogP contribution in [0.2, 0.25) is 0 Å². The van der Waals surface area contributed by atoms with Crippen LogP contribution in [0.1, 0.15) is 15.4 Å². The summed E-state index contributed by atoms with van der Waals surface area (Å²) in [6.45, 7) is 0.589. The van der Waals surface area contributed by atoms with Crippen molar-refractivity contribution in [1.82, 2.24) is 9.97 Å². The fourth-order valence-electron chi connectivity index (χ4n) is 1.94. The van der Waals surface area contributed by atoms with Gasteiger partial charge in [0, 0.05) is 11.9 Å². The Kier molecular flexibility index (Phi) is 3.79. The predicted octanol–water partition coefficient (Wildman–Crippen LogP) is 3.09. The molecule has 0 fully saturated rings. The smallest absolute Gasteiger partial charge is 0.337 e. The number of aromatic nitrogens is 2. The van der Waals surface area contributed by atoms with Gasteiger partial charge in [0.25, 0.3) is 0 Å². The second kappa shape index (κ2) is 5.88. The Labute approximate surface area is 125 Å². The minimum Gasteiger partial charge on any atom is -0.465 e. The molecule has 0 aliphatic carbocycles. The lowest BCUT2D eigenvalue weighted by Crippen LogP contribution is -2.03. The summed E-state index contributed by atoms with van der Waals surface area (Å²) in [5.41, 5.74) is 2.28. The summed E-state index contributed by atoms with van der Waals surface area (Å²) in [5, 5.41) is 4.20. The van der Waals surface area contributed by atoms with Gasteiger partial charge in [0.05, 0.1) is 19.2 Å². The Morgan fingerprint density at radius 2 is 2.24 bits per heavy atom. The molecule has 0 radical (unpaired) electrons. The highest BCUT2D eigenvalue weighted by atomic mass is 32.1. The third-order valence-corrected chi connectivity index (χ3v) is 3.92. The summed E-state index contributed by atoms with van der Waals surface area (Å²) < 4.78 is 4.71. The van der Waals surface area contributed by atoms with Crippen molar-refractivity contribution < 1.29 is 9.53 Å². The molecule has 0 spiro atoms. The van der Waals surface area contributed by atoms with E-state index in [-0.39, 0.29) is 5.97 Å². The molecule has 0 aliphatic heterocycles. The monoisotopic (exact) mass is 299 g/mol. The molecule has 0 unspecified atom stereocenters. The molecule has 3 aromatic rings. The summed E-state index contributed by atoms with van der Waals surface area (Å²) in [7, 11) is 1.37. The van der Waals surface area contributed by atoms with Crippen LogP contribution in [0.5, 0.6) is 0 Å². The van der Waals surface area contributed by atoms with Crippen LogP contribution >= 0.6 is 11.3 Å². The number of thiazole rings is 1. The molecular formula is C15H13N3O2S. The van der Waals surface area contributed by atoms with Crippen LogP contribution in [0.3, 0.4) is 0 Å². The van der Waals surface area contributed by atoms with E-state index >= 15 is 0 Å². The summed E-state index contributed by atoms with van der Waals surface area (Å²) in [4.78, 5) is 21.2. The normalized spacial score (nSPS) is 10.5. The molecule has 0 bridgehead atoms. The maximum absolute atomic E-state index is 11.5. The summed E-state index contributed by atoms with van der Waals surface area (Å²) in [6.07, 6.45) is 1.76. The van der Waals surface area contributed by atoms with Gasteiger partial charge in [0.15, 0.2) is 0 Å². The van der Waals surface area contributed by atoms with Gasteiger partial charge in [-0.25, -0.2) is 14.8 Å². The zero-order valence-corrected chi connectivity index (χ0v) is 12.2. The minimum atomic E-state index is -0.345. The number of hydrogen-bond acceptors (Lipinski definition) is 6. The molecule has 2 aromatic heterocycles. The van der Waals surface area contributed by atoms with Gasteiger partial charge in [-0.3, -0.25) is 0 Å². The molecule has 6 heteroatoms.